The molecule has 0 aliphatic rings. The van der Waals surface area contributed by atoms with Crippen LogP contribution in [0.25, 0.3) is 0 Å². The van der Waals surface area contributed by atoms with Crippen molar-refractivity contribution < 1.29 is 4.79 Å². The molecule has 0 fully saturated rings. The summed E-state index contributed by atoms with van der Waals surface area (Å²) in [4.78, 5) is 19.4. The van der Waals surface area contributed by atoms with Crippen LogP contribution < -0.4 is 5.32 Å². The van der Waals surface area contributed by atoms with E-state index in [2.05, 4.69) is 29.1 Å². The zero-order valence-electron chi connectivity index (χ0n) is 9.23. The summed E-state index contributed by atoms with van der Waals surface area (Å²) in [7, 11) is 0. The molecule has 82 valence electrons. The van der Waals surface area contributed by atoms with Gasteiger partial charge in [0.1, 0.15) is 0 Å². The number of nitrogens with zero attached hydrogens (tertiary/aromatic N) is 2. The van der Waals surface area contributed by atoms with E-state index in [0.29, 0.717) is 18.8 Å². The fourth-order valence-electron chi connectivity index (χ4n) is 1.11. The number of hydrogen-bond acceptors (Lipinski definition) is 3. The van der Waals surface area contributed by atoms with Crippen molar-refractivity contribution in [2.24, 2.45) is 5.92 Å². The normalized spacial score (nSPS) is 10.3. The highest BCUT2D eigenvalue weighted by atomic mass is 16.1. The van der Waals surface area contributed by atoms with Gasteiger partial charge in [-0.1, -0.05) is 13.8 Å². The average Bonchev–Trinajstić information content (AvgIpc) is 2.25. The molecule has 0 bridgehead atoms. The Morgan fingerprint density at radius 3 is 2.87 bits per heavy atom. The number of carbonyl (C=O) groups is 1. The Bertz CT molecular complexity index is 298. The fraction of sp³-hybridized carbons (Fsp3) is 0.545. The number of nitrogens with one attached hydrogen (secondary N) is 1. The first-order valence-electron chi connectivity index (χ1n) is 5.20. The second kappa shape index (κ2) is 6.11. The Hall–Kier alpha value is -1.45. The van der Waals surface area contributed by atoms with E-state index in [1.807, 2.05) is 0 Å². The molecule has 0 radical (unpaired) electrons. The number of aryl methyl sites for hydroxylation is 1. The summed E-state index contributed by atoms with van der Waals surface area (Å²) in [6.45, 7) is 4.88. The second-order valence-electron chi connectivity index (χ2n) is 3.89. The number of rotatable bonds is 5. The Morgan fingerprint density at radius 2 is 2.27 bits per heavy atom. The molecule has 0 aliphatic carbocycles. The van der Waals surface area contributed by atoms with Gasteiger partial charge in [0.15, 0.2) is 0 Å². The number of carbonyl (C=O) groups excluding carboxylic acids is 1. The van der Waals surface area contributed by atoms with Crippen molar-refractivity contribution in [3.63, 3.8) is 0 Å². The summed E-state index contributed by atoms with van der Waals surface area (Å²) < 4.78 is 0. The lowest BCUT2D eigenvalue weighted by Crippen LogP contribution is -2.27. The van der Waals surface area contributed by atoms with Gasteiger partial charge in [-0.25, -0.2) is 0 Å². The molecule has 1 aromatic rings. The molecule has 0 aliphatic heterocycles. The molecular weight excluding hydrogens is 190 g/mol. The van der Waals surface area contributed by atoms with Crippen LogP contribution in [0.5, 0.6) is 0 Å². The summed E-state index contributed by atoms with van der Waals surface area (Å²) in [5.74, 6) is 0.569. The van der Waals surface area contributed by atoms with Gasteiger partial charge in [-0.2, -0.15) is 0 Å². The van der Waals surface area contributed by atoms with E-state index in [-0.39, 0.29) is 5.91 Å². The van der Waals surface area contributed by atoms with Gasteiger partial charge in [-0.05, 0) is 12.3 Å². The van der Waals surface area contributed by atoms with Gasteiger partial charge in [-0.3, -0.25) is 14.8 Å². The van der Waals surface area contributed by atoms with Crippen molar-refractivity contribution in [3.05, 3.63) is 24.3 Å². The van der Waals surface area contributed by atoms with E-state index in [0.717, 1.165) is 12.2 Å². The Morgan fingerprint density at radius 1 is 1.47 bits per heavy atom. The van der Waals surface area contributed by atoms with Crippen LogP contribution in [0.15, 0.2) is 18.6 Å². The maximum absolute atomic E-state index is 11.4. The minimum absolute atomic E-state index is 0.0781. The summed E-state index contributed by atoms with van der Waals surface area (Å²) >= 11 is 0. The van der Waals surface area contributed by atoms with E-state index in [4.69, 9.17) is 0 Å². The third kappa shape index (κ3) is 5.10. The molecule has 4 heteroatoms. The third-order valence-corrected chi connectivity index (χ3v) is 1.93. The second-order valence-corrected chi connectivity index (χ2v) is 3.89. The first-order valence-corrected chi connectivity index (χ1v) is 5.20. The molecule has 0 saturated heterocycles. The summed E-state index contributed by atoms with van der Waals surface area (Å²) in [5.41, 5.74) is 0.859. The van der Waals surface area contributed by atoms with Crippen molar-refractivity contribution in [2.75, 3.05) is 6.54 Å². The maximum Gasteiger partial charge on any atom is 0.220 e. The Labute approximate surface area is 90.1 Å². The summed E-state index contributed by atoms with van der Waals surface area (Å²) in [6, 6.07) is 0. The smallest absolute Gasteiger partial charge is 0.220 e. The van der Waals surface area contributed by atoms with Crippen molar-refractivity contribution >= 4 is 5.91 Å². The zero-order valence-corrected chi connectivity index (χ0v) is 9.23. The maximum atomic E-state index is 11.4. The first-order chi connectivity index (χ1) is 7.18. The zero-order chi connectivity index (χ0) is 11.1. The van der Waals surface area contributed by atoms with Crippen molar-refractivity contribution in [2.45, 2.75) is 26.7 Å². The minimum atomic E-state index is 0.0781. The summed E-state index contributed by atoms with van der Waals surface area (Å²) in [6.07, 6.45) is 6.09. The van der Waals surface area contributed by atoms with Crippen molar-refractivity contribution in [1.82, 2.24) is 15.3 Å². The minimum Gasteiger partial charge on any atom is -0.356 e. The van der Waals surface area contributed by atoms with Crippen molar-refractivity contribution in [1.29, 1.82) is 0 Å². The van der Waals surface area contributed by atoms with Gasteiger partial charge in [-0.15, -0.1) is 0 Å². The average molecular weight is 207 g/mol. The van der Waals surface area contributed by atoms with Crippen LogP contribution in [0.4, 0.5) is 0 Å². The van der Waals surface area contributed by atoms with Gasteiger partial charge in [0.05, 0.1) is 5.69 Å². The van der Waals surface area contributed by atoms with Gasteiger partial charge in [0.2, 0.25) is 5.91 Å². The number of hydrogen-bond donors (Lipinski definition) is 1. The molecule has 0 aromatic carbocycles. The Kier molecular flexibility index (Phi) is 4.74. The van der Waals surface area contributed by atoms with Crippen molar-refractivity contribution in [3.8, 4) is 0 Å². The number of amides is 1. The number of aromatic nitrogens is 2. The molecule has 0 atom stereocenters. The SMILES string of the molecule is CC(C)CNC(=O)CCc1cnccn1. The van der Waals surface area contributed by atoms with Crippen LogP contribution in [-0.4, -0.2) is 22.4 Å². The van der Waals surface area contributed by atoms with Crippen LogP contribution in [0.1, 0.15) is 26.0 Å². The first kappa shape index (κ1) is 11.6. The standard InChI is InChI=1S/C11H17N3O/c1-9(2)7-14-11(15)4-3-10-8-12-5-6-13-10/h5-6,8-9H,3-4,7H2,1-2H3,(H,14,15). The van der Waals surface area contributed by atoms with Gasteiger partial charge in [0, 0.05) is 31.6 Å². The Balaban J connectivity index is 2.23. The highest BCUT2D eigenvalue weighted by molar-refractivity contribution is 5.76. The molecule has 1 aromatic heterocycles. The van der Waals surface area contributed by atoms with E-state index in [9.17, 15) is 4.79 Å². The molecule has 1 N–H and O–H groups in total. The highest BCUT2D eigenvalue weighted by Gasteiger charge is 2.03. The predicted octanol–water partition coefficient (Wildman–Crippen LogP) is 1.18. The molecule has 0 spiro atoms. The van der Waals surface area contributed by atoms with E-state index in [1.54, 1.807) is 18.6 Å². The monoisotopic (exact) mass is 207 g/mol. The van der Waals surface area contributed by atoms with Crippen LogP contribution >= 0.6 is 0 Å². The largest absolute Gasteiger partial charge is 0.356 e. The van der Waals surface area contributed by atoms with E-state index < -0.39 is 0 Å². The highest BCUT2D eigenvalue weighted by Crippen LogP contribution is 1.96. The quantitative estimate of drug-likeness (QED) is 0.788. The summed E-state index contributed by atoms with van der Waals surface area (Å²) in [5, 5.41) is 2.87. The molecule has 1 rings (SSSR count). The molecule has 4 nitrogen and oxygen atoms in total. The molecule has 1 heterocycles. The lowest BCUT2D eigenvalue weighted by Gasteiger charge is -2.06. The van der Waals surface area contributed by atoms with Crippen LogP contribution in [0.3, 0.4) is 0 Å². The van der Waals surface area contributed by atoms with E-state index in [1.165, 1.54) is 0 Å². The van der Waals surface area contributed by atoms with E-state index >= 15 is 0 Å². The third-order valence-electron chi connectivity index (χ3n) is 1.93. The van der Waals surface area contributed by atoms with Gasteiger partial charge >= 0.3 is 0 Å². The van der Waals surface area contributed by atoms with Crippen LogP contribution in [0.2, 0.25) is 0 Å². The predicted molar refractivity (Wildman–Crippen MR) is 58.2 cm³/mol. The lowest BCUT2D eigenvalue weighted by molar-refractivity contribution is -0.121. The fourth-order valence-corrected chi connectivity index (χ4v) is 1.11. The molecule has 0 unspecified atom stereocenters. The molecule has 0 saturated carbocycles. The van der Waals surface area contributed by atoms with Crippen LogP contribution in [0, 0.1) is 5.92 Å². The molecule has 1 amide bonds. The van der Waals surface area contributed by atoms with Gasteiger partial charge < -0.3 is 5.32 Å². The lowest BCUT2D eigenvalue weighted by atomic mass is 10.2. The van der Waals surface area contributed by atoms with Gasteiger partial charge in [0.25, 0.3) is 0 Å². The molecule has 15 heavy (non-hydrogen) atoms. The van der Waals surface area contributed by atoms with Crippen LogP contribution in [-0.2, 0) is 11.2 Å². The molecular formula is C11H17N3O. The topological polar surface area (TPSA) is 54.9 Å².